The minimum Gasteiger partial charge on any atom is -0.444 e. The Morgan fingerprint density at radius 2 is 1.94 bits per heavy atom. The lowest BCUT2D eigenvalue weighted by Crippen LogP contribution is -2.43. The maximum Gasteiger partial charge on any atom is 0.410 e. The number of rotatable bonds is 4. The van der Waals surface area contributed by atoms with Crippen LogP contribution in [-0.2, 0) is 4.74 Å². The first-order valence-corrected chi connectivity index (χ1v) is 6.01. The monoisotopic (exact) mass is 240 g/mol. The average molecular weight is 240 g/mol. The summed E-state index contributed by atoms with van der Waals surface area (Å²) in [5.41, 5.74) is -0.484. The van der Waals surface area contributed by atoms with E-state index in [0.29, 0.717) is 18.8 Å². The molecule has 0 aromatic rings. The second kappa shape index (κ2) is 6.48. The second-order valence-electron chi connectivity index (χ2n) is 5.60. The van der Waals surface area contributed by atoms with Crippen LogP contribution in [0, 0.1) is 17.2 Å². The van der Waals surface area contributed by atoms with E-state index < -0.39 is 5.60 Å². The number of carbonyl (C=O) groups is 1. The highest BCUT2D eigenvalue weighted by Gasteiger charge is 2.26. The summed E-state index contributed by atoms with van der Waals surface area (Å²) < 4.78 is 5.31. The maximum absolute atomic E-state index is 11.9. The van der Waals surface area contributed by atoms with Gasteiger partial charge in [-0.15, -0.1) is 0 Å². The highest BCUT2D eigenvalue weighted by Crippen LogP contribution is 2.18. The molecule has 0 saturated heterocycles. The van der Waals surface area contributed by atoms with Crippen LogP contribution >= 0.6 is 0 Å². The Morgan fingerprint density at radius 1 is 1.41 bits per heavy atom. The van der Waals surface area contributed by atoms with Crippen molar-refractivity contribution in [2.24, 2.45) is 5.92 Å². The number of nitriles is 1. The number of carbonyl (C=O) groups excluding carboxylic acids is 1. The van der Waals surface area contributed by atoms with Crippen molar-refractivity contribution in [3.05, 3.63) is 0 Å². The van der Waals surface area contributed by atoms with Crippen molar-refractivity contribution in [2.75, 3.05) is 7.05 Å². The molecular formula is C13H24N2O2. The fourth-order valence-corrected chi connectivity index (χ4v) is 1.66. The zero-order valence-electron chi connectivity index (χ0n) is 11.8. The Morgan fingerprint density at radius 3 is 2.29 bits per heavy atom. The molecule has 0 aliphatic rings. The predicted octanol–water partition coefficient (Wildman–Crippen LogP) is 3.18. The number of ether oxygens (including phenoxy) is 1. The molecule has 0 heterocycles. The minimum atomic E-state index is -0.484. The zero-order valence-corrected chi connectivity index (χ0v) is 11.8. The van der Waals surface area contributed by atoms with Gasteiger partial charge in [-0.25, -0.2) is 4.79 Å². The van der Waals surface area contributed by atoms with Crippen LogP contribution in [0.3, 0.4) is 0 Å². The Kier molecular flexibility index (Phi) is 6.01. The molecule has 98 valence electrons. The van der Waals surface area contributed by atoms with E-state index in [-0.39, 0.29) is 12.1 Å². The molecule has 0 rings (SSSR count). The van der Waals surface area contributed by atoms with Crippen molar-refractivity contribution < 1.29 is 9.53 Å². The van der Waals surface area contributed by atoms with Gasteiger partial charge in [0.05, 0.1) is 6.07 Å². The first-order valence-electron chi connectivity index (χ1n) is 6.01. The van der Waals surface area contributed by atoms with Gasteiger partial charge in [0.25, 0.3) is 0 Å². The molecule has 17 heavy (non-hydrogen) atoms. The van der Waals surface area contributed by atoms with Gasteiger partial charge in [0.2, 0.25) is 0 Å². The van der Waals surface area contributed by atoms with E-state index in [0.717, 1.165) is 0 Å². The fraction of sp³-hybridized carbons (Fsp3) is 0.846. The highest BCUT2D eigenvalue weighted by atomic mass is 16.6. The van der Waals surface area contributed by atoms with Crippen molar-refractivity contribution in [1.82, 2.24) is 4.90 Å². The summed E-state index contributed by atoms with van der Waals surface area (Å²) in [6.07, 6.45) is 0.814. The second-order valence-corrected chi connectivity index (χ2v) is 5.60. The molecule has 0 radical (unpaired) electrons. The molecule has 0 saturated carbocycles. The Labute approximate surface area is 105 Å². The number of hydrogen-bond acceptors (Lipinski definition) is 3. The molecule has 0 aromatic heterocycles. The van der Waals surface area contributed by atoms with Gasteiger partial charge < -0.3 is 9.64 Å². The topological polar surface area (TPSA) is 53.3 Å². The normalized spacial score (nSPS) is 13.1. The third-order valence-electron chi connectivity index (χ3n) is 2.50. The molecule has 4 heteroatoms. The summed E-state index contributed by atoms with van der Waals surface area (Å²) in [5.74, 6) is 0.306. The first kappa shape index (κ1) is 15.8. The third kappa shape index (κ3) is 6.15. The standard InChI is InChI=1S/C13H24N2O2/c1-10(2)11(8-7-9-14)15(6)12(16)17-13(3,4)5/h10-11H,7-8H2,1-6H3. The SMILES string of the molecule is CC(C)C(CCC#N)N(C)C(=O)OC(C)(C)C. The summed E-state index contributed by atoms with van der Waals surface area (Å²) in [6.45, 7) is 9.63. The van der Waals surface area contributed by atoms with Gasteiger partial charge in [-0.1, -0.05) is 13.8 Å². The van der Waals surface area contributed by atoms with Gasteiger partial charge in [-0.2, -0.15) is 5.26 Å². The summed E-state index contributed by atoms with van der Waals surface area (Å²) >= 11 is 0. The molecule has 4 nitrogen and oxygen atoms in total. The van der Waals surface area contributed by atoms with Crippen LogP contribution in [-0.4, -0.2) is 29.7 Å². The quantitative estimate of drug-likeness (QED) is 0.758. The molecule has 0 aromatic carbocycles. The minimum absolute atomic E-state index is 0.0458. The Balaban J connectivity index is 4.56. The van der Waals surface area contributed by atoms with Crippen LogP contribution in [0.15, 0.2) is 0 Å². The summed E-state index contributed by atoms with van der Waals surface area (Å²) in [6, 6.07) is 2.16. The molecule has 1 atom stereocenters. The van der Waals surface area contributed by atoms with Crippen molar-refractivity contribution in [2.45, 2.75) is 59.1 Å². The largest absolute Gasteiger partial charge is 0.444 e. The fourth-order valence-electron chi connectivity index (χ4n) is 1.66. The molecule has 0 aliphatic heterocycles. The summed E-state index contributed by atoms with van der Waals surface area (Å²) in [7, 11) is 1.73. The number of nitrogens with zero attached hydrogens (tertiary/aromatic N) is 2. The lowest BCUT2D eigenvalue weighted by molar-refractivity contribution is 0.0171. The molecule has 1 amide bonds. The van der Waals surface area contributed by atoms with Gasteiger partial charge in [0.1, 0.15) is 5.60 Å². The molecule has 0 spiro atoms. The average Bonchev–Trinajstić information content (AvgIpc) is 2.14. The predicted molar refractivity (Wildman–Crippen MR) is 67.5 cm³/mol. The van der Waals surface area contributed by atoms with Crippen molar-refractivity contribution in [3.8, 4) is 6.07 Å². The summed E-state index contributed by atoms with van der Waals surface area (Å²) in [4.78, 5) is 13.5. The van der Waals surface area contributed by atoms with Gasteiger partial charge in [-0.3, -0.25) is 0 Å². The van der Waals surface area contributed by atoms with Crippen LogP contribution in [0.5, 0.6) is 0 Å². The molecule has 0 bridgehead atoms. The van der Waals surface area contributed by atoms with Crippen LogP contribution in [0.2, 0.25) is 0 Å². The van der Waals surface area contributed by atoms with E-state index in [1.165, 1.54) is 0 Å². The Bertz CT molecular complexity index is 287. The number of hydrogen-bond donors (Lipinski definition) is 0. The van der Waals surface area contributed by atoms with E-state index in [2.05, 4.69) is 6.07 Å². The third-order valence-corrected chi connectivity index (χ3v) is 2.50. The van der Waals surface area contributed by atoms with Gasteiger partial charge in [0.15, 0.2) is 0 Å². The van der Waals surface area contributed by atoms with Crippen molar-refractivity contribution in [1.29, 1.82) is 5.26 Å². The van der Waals surface area contributed by atoms with Crippen LogP contribution in [0.25, 0.3) is 0 Å². The number of amides is 1. The van der Waals surface area contributed by atoms with Crippen LogP contribution in [0.1, 0.15) is 47.5 Å². The zero-order chi connectivity index (χ0) is 13.6. The molecule has 1 unspecified atom stereocenters. The van der Waals surface area contributed by atoms with E-state index in [9.17, 15) is 4.79 Å². The molecule has 0 fully saturated rings. The Hall–Kier alpha value is -1.24. The van der Waals surface area contributed by atoms with E-state index in [1.54, 1.807) is 11.9 Å². The van der Waals surface area contributed by atoms with Crippen LogP contribution in [0.4, 0.5) is 4.79 Å². The highest BCUT2D eigenvalue weighted by molar-refractivity contribution is 5.68. The van der Waals surface area contributed by atoms with Crippen molar-refractivity contribution >= 4 is 6.09 Å². The molecule has 0 aliphatic carbocycles. The first-order chi connectivity index (χ1) is 7.69. The molecular weight excluding hydrogens is 216 g/mol. The van der Waals surface area contributed by atoms with Gasteiger partial charge >= 0.3 is 6.09 Å². The van der Waals surface area contributed by atoms with E-state index >= 15 is 0 Å². The van der Waals surface area contributed by atoms with E-state index in [4.69, 9.17) is 10.00 Å². The van der Waals surface area contributed by atoms with E-state index in [1.807, 2.05) is 34.6 Å². The van der Waals surface area contributed by atoms with Gasteiger partial charge in [-0.05, 0) is 33.1 Å². The van der Waals surface area contributed by atoms with Gasteiger partial charge in [0, 0.05) is 19.5 Å². The smallest absolute Gasteiger partial charge is 0.410 e. The van der Waals surface area contributed by atoms with Crippen LogP contribution < -0.4 is 0 Å². The summed E-state index contributed by atoms with van der Waals surface area (Å²) in [5, 5.41) is 8.62. The maximum atomic E-state index is 11.9. The molecule has 0 N–H and O–H groups in total. The lowest BCUT2D eigenvalue weighted by atomic mass is 9.98. The van der Waals surface area contributed by atoms with Crippen molar-refractivity contribution in [3.63, 3.8) is 0 Å². The lowest BCUT2D eigenvalue weighted by Gasteiger charge is -2.32.